The lowest BCUT2D eigenvalue weighted by molar-refractivity contribution is 0.0699. The number of nitrogens with one attached hydrogen (secondary N) is 3. The molecule has 1 fully saturated rings. The summed E-state index contributed by atoms with van der Waals surface area (Å²) >= 11 is 0. The highest BCUT2D eigenvalue weighted by Gasteiger charge is 2.21. The molecule has 0 radical (unpaired) electrons. The smallest absolute Gasteiger partial charge is 0.229 e. The Kier molecular flexibility index (Phi) is 6.55. The average molecular weight is 436 g/mol. The number of rotatable bonds is 6. The molecule has 170 valence electrons. The summed E-state index contributed by atoms with van der Waals surface area (Å²) in [5, 5.41) is 10.4. The summed E-state index contributed by atoms with van der Waals surface area (Å²) in [5.41, 5.74) is 5.79. The number of ether oxygens (including phenoxy) is 2. The first-order valence-electron chi connectivity index (χ1n) is 11.9. The SMILES string of the molecule is Cc1cc(NCC2CCOCC2)nc(Nc2cc3c(c(C4=CCNCCC4)c2)OCC3)n1. The molecule has 7 nitrogen and oxygen atoms in total. The van der Waals surface area contributed by atoms with Crippen molar-refractivity contribution in [2.45, 2.75) is 39.0 Å². The highest BCUT2D eigenvalue weighted by Crippen LogP contribution is 2.39. The van der Waals surface area contributed by atoms with E-state index in [9.17, 15) is 0 Å². The first-order chi connectivity index (χ1) is 15.7. The Bertz CT molecular complexity index is 985. The molecule has 3 N–H and O–H groups in total. The molecule has 0 amide bonds. The van der Waals surface area contributed by atoms with Gasteiger partial charge in [-0.25, -0.2) is 4.98 Å². The topological polar surface area (TPSA) is 80.3 Å². The van der Waals surface area contributed by atoms with Gasteiger partial charge >= 0.3 is 0 Å². The summed E-state index contributed by atoms with van der Waals surface area (Å²) in [6.07, 6.45) is 7.65. The molecule has 0 atom stereocenters. The van der Waals surface area contributed by atoms with Crippen LogP contribution in [-0.2, 0) is 11.2 Å². The van der Waals surface area contributed by atoms with Crippen LogP contribution in [0.25, 0.3) is 5.57 Å². The minimum absolute atomic E-state index is 0.626. The van der Waals surface area contributed by atoms with Crippen LogP contribution in [0.3, 0.4) is 0 Å². The Hall–Kier alpha value is -2.64. The van der Waals surface area contributed by atoms with Crippen LogP contribution in [0.1, 0.15) is 42.5 Å². The summed E-state index contributed by atoms with van der Waals surface area (Å²) in [4.78, 5) is 9.38. The maximum absolute atomic E-state index is 6.02. The number of benzene rings is 1. The molecule has 0 spiro atoms. The number of anilines is 3. The number of aryl methyl sites for hydroxylation is 1. The van der Waals surface area contributed by atoms with Gasteiger partial charge in [-0.3, -0.25) is 0 Å². The van der Waals surface area contributed by atoms with Gasteiger partial charge < -0.3 is 25.4 Å². The van der Waals surface area contributed by atoms with Crippen molar-refractivity contribution in [1.82, 2.24) is 15.3 Å². The molecule has 0 aliphatic carbocycles. The van der Waals surface area contributed by atoms with E-state index in [1.54, 1.807) is 0 Å². The van der Waals surface area contributed by atoms with E-state index in [1.165, 1.54) is 16.7 Å². The van der Waals surface area contributed by atoms with Crippen molar-refractivity contribution in [3.63, 3.8) is 0 Å². The molecule has 0 unspecified atom stereocenters. The van der Waals surface area contributed by atoms with Crippen LogP contribution in [0.4, 0.5) is 17.5 Å². The number of fused-ring (bicyclic) bond motifs is 1. The normalized spacial score (nSPS) is 19.0. The van der Waals surface area contributed by atoms with E-state index >= 15 is 0 Å². The molecule has 0 saturated carbocycles. The van der Waals surface area contributed by atoms with Crippen LogP contribution >= 0.6 is 0 Å². The highest BCUT2D eigenvalue weighted by molar-refractivity contribution is 5.77. The molecule has 7 heteroatoms. The summed E-state index contributed by atoms with van der Waals surface area (Å²) in [7, 11) is 0. The monoisotopic (exact) mass is 435 g/mol. The van der Waals surface area contributed by atoms with Crippen LogP contribution in [-0.4, -0.2) is 49.4 Å². The summed E-state index contributed by atoms with van der Waals surface area (Å²) in [6, 6.07) is 6.39. The third kappa shape index (κ3) is 5.05. The van der Waals surface area contributed by atoms with Gasteiger partial charge in [0.25, 0.3) is 0 Å². The van der Waals surface area contributed by atoms with E-state index in [0.717, 1.165) is 94.5 Å². The van der Waals surface area contributed by atoms with Crippen LogP contribution in [0.15, 0.2) is 24.3 Å². The van der Waals surface area contributed by atoms with E-state index in [0.29, 0.717) is 11.9 Å². The Morgan fingerprint density at radius 3 is 2.91 bits per heavy atom. The molecule has 1 aromatic carbocycles. The first kappa shape index (κ1) is 21.2. The maximum Gasteiger partial charge on any atom is 0.229 e. The van der Waals surface area contributed by atoms with Gasteiger partial charge in [0, 0.05) is 61.3 Å². The number of nitrogens with zero attached hydrogens (tertiary/aromatic N) is 2. The Labute approximate surface area is 190 Å². The van der Waals surface area contributed by atoms with Crippen molar-refractivity contribution >= 4 is 23.0 Å². The molecular weight excluding hydrogens is 402 g/mol. The molecule has 1 saturated heterocycles. The average Bonchev–Trinajstić information content (AvgIpc) is 3.10. The second-order valence-electron chi connectivity index (χ2n) is 8.93. The van der Waals surface area contributed by atoms with E-state index in [4.69, 9.17) is 14.5 Å². The minimum atomic E-state index is 0.626. The van der Waals surface area contributed by atoms with Gasteiger partial charge in [-0.05, 0) is 62.8 Å². The van der Waals surface area contributed by atoms with Gasteiger partial charge in [-0.2, -0.15) is 4.98 Å². The summed E-state index contributed by atoms with van der Waals surface area (Å²) in [6.45, 7) is 7.36. The number of aromatic nitrogens is 2. The van der Waals surface area contributed by atoms with E-state index in [2.05, 4.69) is 39.1 Å². The molecule has 3 aliphatic heterocycles. The van der Waals surface area contributed by atoms with Crippen molar-refractivity contribution in [1.29, 1.82) is 0 Å². The van der Waals surface area contributed by atoms with Crippen molar-refractivity contribution < 1.29 is 9.47 Å². The second kappa shape index (κ2) is 9.88. The quantitative estimate of drug-likeness (QED) is 0.631. The third-order valence-corrected chi connectivity index (χ3v) is 6.45. The molecule has 4 heterocycles. The fourth-order valence-corrected chi connectivity index (χ4v) is 4.71. The number of allylic oxidation sites excluding steroid dienone is 1. The fourth-order valence-electron chi connectivity index (χ4n) is 4.71. The van der Waals surface area contributed by atoms with E-state index < -0.39 is 0 Å². The molecule has 32 heavy (non-hydrogen) atoms. The Morgan fingerprint density at radius 2 is 2.00 bits per heavy atom. The minimum Gasteiger partial charge on any atom is -0.492 e. The van der Waals surface area contributed by atoms with Crippen molar-refractivity contribution in [2.24, 2.45) is 5.92 Å². The van der Waals surface area contributed by atoms with Gasteiger partial charge in [-0.15, -0.1) is 0 Å². The first-order valence-corrected chi connectivity index (χ1v) is 11.9. The highest BCUT2D eigenvalue weighted by atomic mass is 16.5. The van der Waals surface area contributed by atoms with Gasteiger partial charge in [0.15, 0.2) is 0 Å². The number of hydrogen-bond acceptors (Lipinski definition) is 7. The predicted octanol–water partition coefficient (Wildman–Crippen LogP) is 4.07. The van der Waals surface area contributed by atoms with Crippen LogP contribution in [0.5, 0.6) is 5.75 Å². The van der Waals surface area contributed by atoms with E-state index in [1.807, 2.05) is 13.0 Å². The maximum atomic E-state index is 6.02. The molecule has 2 aromatic rings. The van der Waals surface area contributed by atoms with Gasteiger partial charge in [0.2, 0.25) is 5.95 Å². The van der Waals surface area contributed by atoms with Gasteiger partial charge in [0.05, 0.1) is 6.61 Å². The van der Waals surface area contributed by atoms with Crippen molar-refractivity contribution in [3.8, 4) is 5.75 Å². The fraction of sp³-hybridized carbons (Fsp3) is 0.520. The standard InChI is InChI=1S/C25H33N5O2/c1-17-13-23(27-16-18-5-10-31-11-6-18)30-25(28-17)29-21-14-20-7-12-32-24(20)22(15-21)19-3-2-8-26-9-4-19/h4,13-15,18,26H,2-3,5-12,16H2,1H3,(H2,27,28,29,30). The van der Waals surface area contributed by atoms with Gasteiger partial charge in [-0.1, -0.05) is 6.08 Å². The van der Waals surface area contributed by atoms with Crippen molar-refractivity contribution in [2.75, 3.05) is 50.1 Å². The summed E-state index contributed by atoms with van der Waals surface area (Å²) < 4.78 is 11.5. The largest absolute Gasteiger partial charge is 0.492 e. The Balaban J connectivity index is 1.36. The van der Waals surface area contributed by atoms with Gasteiger partial charge in [0.1, 0.15) is 11.6 Å². The lowest BCUT2D eigenvalue weighted by Gasteiger charge is -2.22. The number of hydrogen-bond donors (Lipinski definition) is 3. The second-order valence-corrected chi connectivity index (χ2v) is 8.93. The lowest BCUT2D eigenvalue weighted by Crippen LogP contribution is -2.23. The Morgan fingerprint density at radius 1 is 1.09 bits per heavy atom. The zero-order valence-corrected chi connectivity index (χ0v) is 18.9. The van der Waals surface area contributed by atoms with Crippen molar-refractivity contribution in [3.05, 3.63) is 41.1 Å². The molecule has 1 aromatic heterocycles. The molecular formula is C25H33N5O2. The predicted molar refractivity (Wildman–Crippen MR) is 128 cm³/mol. The molecule has 3 aliphatic rings. The lowest BCUT2D eigenvalue weighted by atomic mass is 9.97. The zero-order chi connectivity index (χ0) is 21.8. The zero-order valence-electron chi connectivity index (χ0n) is 18.9. The third-order valence-electron chi connectivity index (χ3n) is 6.45. The van der Waals surface area contributed by atoms with Crippen LogP contribution < -0.4 is 20.7 Å². The summed E-state index contributed by atoms with van der Waals surface area (Å²) in [5.74, 6) is 3.18. The van der Waals surface area contributed by atoms with Crippen LogP contribution in [0, 0.1) is 12.8 Å². The van der Waals surface area contributed by atoms with E-state index in [-0.39, 0.29) is 0 Å². The molecule has 5 rings (SSSR count). The van der Waals surface area contributed by atoms with Crippen LogP contribution in [0.2, 0.25) is 0 Å². The molecule has 0 bridgehead atoms.